The summed E-state index contributed by atoms with van der Waals surface area (Å²) in [7, 11) is 0. The van der Waals surface area contributed by atoms with E-state index < -0.39 is 0 Å². The van der Waals surface area contributed by atoms with Crippen molar-refractivity contribution in [1.82, 2.24) is 15.0 Å². The molecule has 4 heteroatoms. The van der Waals surface area contributed by atoms with Crippen LogP contribution in [0.2, 0.25) is 0 Å². The zero-order valence-corrected chi connectivity index (χ0v) is 25.0. The van der Waals surface area contributed by atoms with E-state index in [4.69, 9.17) is 15.0 Å². The van der Waals surface area contributed by atoms with E-state index in [1.54, 1.807) is 0 Å². The number of fused-ring (bicyclic) bond motifs is 7. The Morgan fingerprint density at radius 2 is 0.933 bits per heavy atom. The topological polar surface area (TPSA) is 38.7 Å². The molecule has 0 N–H and O–H groups in total. The highest BCUT2D eigenvalue weighted by Gasteiger charge is 2.16. The van der Waals surface area contributed by atoms with E-state index in [-0.39, 0.29) is 0 Å². The van der Waals surface area contributed by atoms with Crippen LogP contribution in [0.15, 0.2) is 152 Å². The molecule has 3 nitrogen and oxygen atoms in total. The van der Waals surface area contributed by atoms with Gasteiger partial charge in [-0.15, -0.1) is 11.3 Å². The fourth-order valence-corrected chi connectivity index (χ4v) is 7.59. The van der Waals surface area contributed by atoms with Crippen LogP contribution in [0.1, 0.15) is 0 Å². The molecule has 0 atom stereocenters. The van der Waals surface area contributed by atoms with Gasteiger partial charge in [0, 0.05) is 42.2 Å². The van der Waals surface area contributed by atoms with Crippen LogP contribution in [0.4, 0.5) is 0 Å². The molecule has 0 bridgehead atoms. The molecule has 0 saturated heterocycles. The molecule has 0 saturated carbocycles. The summed E-state index contributed by atoms with van der Waals surface area (Å²) in [6, 6.07) is 53.2. The lowest BCUT2D eigenvalue weighted by Crippen LogP contribution is -2.00. The predicted octanol–water partition coefficient (Wildman–Crippen LogP) is 11.2. The molecule has 0 radical (unpaired) electrons. The van der Waals surface area contributed by atoms with E-state index >= 15 is 0 Å². The van der Waals surface area contributed by atoms with E-state index in [0.29, 0.717) is 17.5 Å². The molecule has 210 valence electrons. The summed E-state index contributed by atoms with van der Waals surface area (Å²) in [5, 5.41) is 7.67. The third kappa shape index (κ3) is 4.46. The van der Waals surface area contributed by atoms with E-state index in [0.717, 1.165) is 27.8 Å². The lowest BCUT2D eigenvalue weighted by Gasteiger charge is -2.10. The second kappa shape index (κ2) is 10.5. The van der Waals surface area contributed by atoms with E-state index in [1.165, 1.54) is 41.7 Å². The van der Waals surface area contributed by atoms with Gasteiger partial charge in [-0.25, -0.2) is 15.0 Å². The van der Waals surface area contributed by atoms with Crippen LogP contribution >= 0.6 is 11.3 Å². The van der Waals surface area contributed by atoms with Crippen LogP contribution in [-0.2, 0) is 0 Å². The molecule has 9 aromatic rings. The summed E-state index contributed by atoms with van der Waals surface area (Å²) in [5.74, 6) is 1.98. The molecule has 0 aliphatic heterocycles. The SMILES string of the molecule is c1ccc(-c2cccc(-c3nc(-c4ccccc4)nc(-c4ccc5c(c4)sc4c5ccc5ccc6ccccc6c54)n3)c2)cc1. The van der Waals surface area contributed by atoms with Gasteiger partial charge in [-0.3, -0.25) is 0 Å². The highest BCUT2D eigenvalue weighted by atomic mass is 32.1. The van der Waals surface area contributed by atoms with Gasteiger partial charge in [0.15, 0.2) is 17.5 Å². The van der Waals surface area contributed by atoms with Crippen molar-refractivity contribution in [2.24, 2.45) is 0 Å². The molecule has 9 rings (SSSR count). The first kappa shape index (κ1) is 25.8. The zero-order valence-electron chi connectivity index (χ0n) is 24.2. The van der Waals surface area contributed by atoms with Crippen molar-refractivity contribution in [2.45, 2.75) is 0 Å². The van der Waals surface area contributed by atoms with Crippen LogP contribution in [-0.4, -0.2) is 15.0 Å². The van der Waals surface area contributed by atoms with Crippen molar-refractivity contribution < 1.29 is 0 Å². The van der Waals surface area contributed by atoms with Gasteiger partial charge in [0.25, 0.3) is 0 Å². The van der Waals surface area contributed by atoms with Gasteiger partial charge in [0.05, 0.1) is 0 Å². The summed E-state index contributed by atoms with van der Waals surface area (Å²) >= 11 is 1.84. The molecule has 0 aliphatic carbocycles. The van der Waals surface area contributed by atoms with Gasteiger partial charge in [-0.2, -0.15) is 0 Å². The van der Waals surface area contributed by atoms with Crippen molar-refractivity contribution >= 4 is 53.1 Å². The molecule has 2 aromatic heterocycles. The normalized spacial score (nSPS) is 11.6. The van der Waals surface area contributed by atoms with Gasteiger partial charge in [0.1, 0.15) is 0 Å². The molecule has 7 aromatic carbocycles. The third-order valence-electron chi connectivity index (χ3n) is 8.50. The Morgan fingerprint density at radius 1 is 0.356 bits per heavy atom. The summed E-state index contributed by atoms with van der Waals surface area (Å²) in [5.41, 5.74) is 5.18. The largest absolute Gasteiger partial charge is 0.208 e. The standard InChI is InChI=1S/C41H25N3S/c1-3-10-26(11-4-1)30-15-9-16-31(24-30)40-42-39(29-13-5-2-6-14-29)43-41(44-40)32-21-22-34-35-23-20-28-19-18-27-12-7-8-17-33(27)37(28)38(35)45-36(34)25-32/h1-25H. The number of thiophene rings is 1. The summed E-state index contributed by atoms with van der Waals surface area (Å²) < 4.78 is 2.53. The lowest BCUT2D eigenvalue weighted by molar-refractivity contribution is 1.07. The number of hydrogen-bond acceptors (Lipinski definition) is 4. The minimum Gasteiger partial charge on any atom is -0.208 e. The first-order chi connectivity index (χ1) is 22.3. The zero-order chi connectivity index (χ0) is 29.7. The second-order valence-corrected chi connectivity index (χ2v) is 12.3. The summed E-state index contributed by atoms with van der Waals surface area (Å²) in [6.07, 6.45) is 0. The maximum atomic E-state index is 5.07. The van der Waals surface area contributed by atoms with Crippen molar-refractivity contribution in [3.63, 3.8) is 0 Å². The Balaban J connectivity index is 1.23. The third-order valence-corrected chi connectivity index (χ3v) is 9.69. The van der Waals surface area contributed by atoms with Crippen LogP contribution < -0.4 is 0 Å². The maximum absolute atomic E-state index is 5.07. The molecular formula is C41H25N3S. The van der Waals surface area contributed by atoms with Crippen LogP contribution in [0.5, 0.6) is 0 Å². The Bertz CT molecular complexity index is 2540. The fraction of sp³-hybridized carbons (Fsp3) is 0. The van der Waals surface area contributed by atoms with Gasteiger partial charge in [0.2, 0.25) is 0 Å². The maximum Gasteiger partial charge on any atom is 0.164 e. The molecule has 0 fully saturated rings. The lowest BCUT2D eigenvalue weighted by atomic mass is 9.99. The number of nitrogens with zero attached hydrogens (tertiary/aromatic N) is 3. The quantitative estimate of drug-likeness (QED) is 0.191. The minimum atomic E-state index is 0.658. The molecule has 0 unspecified atom stereocenters. The first-order valence-electron chi connectivity index (χ1n) is 15.0. The molecule has 2 heterocycles. The van der Waals surface area contributed by atoms with Crippen molar-refractivity contribution in [3.05, 3.63) is 152 Å². The van der Waals surface area contributed by atoms with Gasteiger partial charge < -0.3 is 0 Å². The number of aromatic nitrogens is 3. The van der Waals surface area contributed by atoms with Crippen molar-refractivity contribution in [3.8, 4) is 45.3 Å². The Morgan fingerprint density at radius 3 is 1.73 bits per heavy atom. The smallest absolute Gasteiger partial charge is 0.164 e. The fourth-order valence-electron chi connectivity index (χ4n) is 6.28. The molecular weight excluding hydrogens is 567 g/mol. The molecule has 0 spiro atoms. The van der Waals surface area contributed by atoms with E-state index in [2.05, 4.69) is 115 Å². The molecule has 0 aliphatic rings. The first-order valence-corrected chi connectivity index (χ1v) is 15.8. The van der Waals surface area contributed by atoms with E-state index in [1.807, 2.05) is 47.7 Å². The highest BCUT2D eigenvalue weighted by Crippen LogP contribution is 2.42. The van der Waals surface area contributed by atoms with E-state index in [9.17, 15) is 0 Å². The van der Waals surface area contributed by atoms with Crippen molar-refractivity contribution in [2.75, 3.05) is 0 Å². The highest BCUT2D eigenvalue weighted by molar-refractivity contribution is 7.26. The minimum absolute atomic E-state index is 0.658. The van der Waals surface area contributed by atoms with Gasteiger partial charge in [-0.05, 0) is 39.4 Å². The molecule has 0 amide bonds. The van der Waals surface area contributed by atoms with Crippen LogP contribution in [0.25, 0.3) is 87.0 Å². The number of rotatable bonds is 4. The van der Waals surface area contributed by atoms with Crippen molar-refractivity contribution in [1.29, 1.82) is 0 Å². The number of benzene rings is 7. The average Bonchev–Trinajstić information content (AvgIpc) is 3.50. The monoisotopic (exact) mass is 591 g/mol. The Labute approximate surface area is 264 Å². The average molecular weight is 592 g/mol. The van der Waals surface area contributed by atoms with Gasteiger partial charge >= 0.3 is 0 Å². The summed E-state index contributed by atoms with van der Waals surface area (Å²) in [4.78, 5) is 15.1. The van der Waals surface area contributed by atoms with Crippen LogP contribution in [0, 0.1) is 0 Å². The predicted molar refractivity (Wildman–Crippen MR) is 189 cm³/mol. The summed E-state index contributed by atoms with van der Waals surface area (Å²) in [6.45, 7) is 0. The number of hydrogen-bond donors (Lipinski definition) is 0. The Hall–Kier alpha value is -5.71. The molecule has 45 heavy (non-hydrogen) atoms. The second-order valence-electron chi connectivity index (χ2n) is 11.3. The Kier molecular flexibility index (Phi) is 6.00. The van der Waals surface area contributed by atoms with Gasteiger partial charge in [-0.1, -0.05) is 140 Å². The van der Waals surface area contributed by atoms with Crippen LogP contribution in [0.3, 0.4) is 0 Å².